The first kappa shape index (κ1) is 17.4. The number of primary amides is 1. The van der Waals surface area contributed by atoms with Crippen LogP contribution in [-0.2, 0) is 9.53 Å². The van der Waals surface area contributed by atoms with E-state index in [2.05, 4.69) is 10.3 Å². The van der Waals surface area contributed by atoms with E-state index >= 15 is 0 Å². The first-order valence-electron chi connectivity index (χ1n) is 7.71. The predicted molar refractivity (Wildman–Crippen MR) is 88.3 cm³/mol. The zero-order valence-corrected chi connectivity index (χ0v) is 13.8. The molecular formula is C16H16FN5O4. The molecule has 1 aliphatic heterocycles. The number of amides is 3. The van der Waals surface area contributed by atoms with E-state index in [4.69, 9.17) is 10.5 Å². The van der Waals surface area contributed by atoms with E-state index in [1.54, 1.807) is 6.07 Å². The SMILES string of the molecule is CC(=O)NC[C@H]1CN(c2ccc(-n3cnc(C(N)=O)c3)c(F)c2)C(=O)O1. The van der Waals surface area contributed by atoms with E-state index in [0.717, 1.165) is 0 Å². The highest BCUT2D eigenvalue weighted by molar-refractivity contribution is 5.91. The normalized spacial score (nSPS) is 16.5. The van der Waals surface area contributed by atoms with Gasteiger partial charge in [-0.3, -0.25) is 14.5 Å². The molecule has 0 bridgehead atoms. The van der Waals surface area contributed by atoms with Crippen LogP contribution in [0.3, 0.4) is 0 Å². The summed E-state index contributed by atoms with van der Waals surface area (Å²) in [6, 6.07) is 4.18. The van der Waals surface area contributed by atoms with Crippen molar-refractivity contribution in [2.24, 2.45) is 5.73 Å². The van der Waals surface area contributed by atoms with E-state index in [-0.39, 0.29) is 30.4 Å². The van der Waals surface area contributed by atoms with E-state index in [1.165, 1.54) is 41.0 Å². The summed E-state index contributed by atoms with van der Waals surface area (Å²) >= 11 is 0. The number of nitrogens with zero attached hydrogens (tertiary/aromatic N) is 3. The first-order valence-corrected chi connectivity index (χ1v) is 7.71. The number of carbonyl (C=O) groups is 3. The van der Waals surface area contributed by atoms with Crippen LogP contribution in [0.15, 0.2) is 30.7 Å². The number of halogens is 1. The van der Waals surface area contributed by atoms with Crippen LogP contribution in [0.1, 0.15) is 17.4 Å². The Hall–Kier alpha value is -3.43. The molecule has 9 nitrogen and oxygen atoms in total. The minimum absolute atomic E-state index is 0.0115. The van der Waals surface area contributed by atoms with Gasteiger partial charge in [-0.05, 0) is 18.2 Å². The van der Waals surface area contributed by atoms with Crippen molar-refractivity contribution in [3.63, 3.8) is 0 Å². The van der Waals surface area contributed by atoms with Gasteiger partial charge in [0.15, 0.2) is 0 Å². The molecule has 10 heteroatoms. The Bertz CT molecular complexity index is 881. The molecule has 0 spiro atoms. The number of nitrogens with one attached hydrogen (secondary N) is 1. The summed E-state index contributed by atoms with van der Waals surface area (Å²) in [5, 5.41) is 2.57. The third kappa shape index (κ3) is 3.48. The van der Waals surface area contributed by atoms with Crippen molar-refractivity contribution in [3.05, 3.63) is 42.2 Å². The zero-order chi connectivity index (χ0) is 18.8. The Morgan fingerprint density at radius 3 is 2.85 bits per heavy atom. The Labute approximate surface area is 147 Å². The van der Waals surface area contributed by atoms with Crippen molar-refractivity contribution < 1.29 is 23.5 Å². The van der Waals surface area contributed by atoms with Crippen LogP contribution in [0.25, 0.3) is 5.69 Å². The maximum atomic E-state index is 14.5. The number of anilines is 1. The summed E-state index contributed by atoms with van der Waals surface area (Å²) in [6.45, 7) is 1.74. The van der Waals surface area contributed by atoms with Crippen LogP contribution < -0.4 is 16.0 Å². The van der Waals surface area contributed by atoms with Crippen LogP contribution in [-0.4, -0.2) is 46.7 Å². The smallest absolute Gasteiger partial charge is 0.414 e. The highest BCUT2D eigenvalue weighted by Gasteiger charge is 2.32. The molecule has 1 aliphatic rings. The van der Waals surface area contributed by atoms with Crippen molar-refractivity contribution in [2.75, 3.05) is 18.0 Å². The Balaban J connectivity index is 1.77. The molecule has 1 aromatic heterocycles. The quantitative estimate of drug-likeness (QED) is 0.807. The molecule has 26 heavy (non-hydrogen) atoms. The number of imidazole rings is 1. The summed E-state index contributed by atoms with van der Waals surface area (Å²) in [4.78, 5) is 39.1. The molecule has 1 atom stereocenters. The van der Waals surface area contributed by atoms with Crippen molar-refractivity contribution in [3.8, 4) is 5.69 Å². The molecular weight excluding hydrogens is 345 g/mol. The number of hydrogen-bond donors (Lipinski definition) is 2. The van der Waals surface area contributed by atoms with Gasteiger partial charge in [-0.25, -0.2) is 14.2 Å². The molecule has 3 N–H and O–H groups in total. The Morgan fingerprint density at radius 1 is 1.46 bits per heavy atom. The number of hydrogen-bond acceptors (Lipinski definition) is 5. The molecule has 0 aliphatic carbocycles. The van der Waals surface area contributed by atoms with E-state index < -0.39 is 23.9 Å². The first-order chi connectivity index (χ1) is 12.3. The average Bonchev–Trinajstić information content (AvgIpc) is 3.20. The van der Waals surface area contributed by atoms with E-state index in [0.29, 0.717) is 5.69 Å². The monoisotopic (exact) mass is 361 g/mol. The maximum absolute atomic E-state index is 14.5. The Kier molecular flexibility index (Phi) is 4.57. The fraction of sp³-hybridized carbons (Fsp3) is 0.250. The molecule has 1 saturated heterocycles. The molecule has 1 fully saturated rings. The molecule has 0 saturated carbocycles. The zero-order valence-electron chi connectivity index (χ0n) is 13.8. The van der Waals surface area contributed by atoms with Crippen molar-refractivity contribution in [1.82, 2.24) is 14.9 Å². The summed E-state index contributed by atoms with van der Waals surface area (Å²) < 4.78 is 20.9. The summed E-state index contributed by atoms with van der Waals surface area (Å²) in [5.74, 6) is -1.56. The second-order valence-corrected chi connectivity index (χ2v) is 5.72. The van der Waals surface area contributed by atoms with Gasteiger partial charge in [-0.2, -0.15) is 0 Å². The van der Waals surface area contributed by atoms with Crippen LogP contribution in [0, 0.1) is 5.82 Å². The lowest BCUT2D eigenvalue weighted by Gasteiger charge is -2.14. The van der Waals surface area contributed by atoms with Crippen molar-refractivity contribution in [2.45, 2.75) is 13.0 Å². The van der Waals surface area contributed by atoms with Gasteiger partial charge >= 0.3 is 6.09 Å². The number of cyclic esters (lactones) is 1. The third-order valence-electron chi connectivity index (χ3n) is 3.81. The number of rotatable bonds is 5. The largest absolute Gasteiger partial charge is 0.442 e. The number of nitrogens with two attached hydrogens (primary N) is 1. The van der Waals surface area contributed by atoms with Gasteiger partial charge in [0.1, 0.15) is 23.9 Å². The Morgan fingerprint density at radius 2 is 2.23 bits per heavy atom. The molecule has 3 rings (SSSR count). The molecule has 136 valence electrons. The fourth-order valence-electron chi connectivity index (χ4n) is 2.55. The van der Waals surface area contributed by atoms with Crippen molar-refractivity contribution in [1.29, 1.82) is 0 Å². The van der Waals surface area contributed by atoms with Gasteiger partial charge in [0, 0.05) is 13.1 Å². The number of benzene rings is 1. The number of ether oxygens (including phenoxy) is 1. The minimum atomic E-state index is -0.717. The van der Waals surface area contributed by atoms with Crippen LogP contribution in [0.2, 0.25) is 0 Å². The third-order valence-corrected chi connectivity index (χ3v) is 3.81. The molecule has 0 radical (unpaired) electrons. The molecule has 1 aromatic carbocycles. The highest BCUT2D eigenvalue weighted by Crippen LogP contribution is 2.25. The van der Waals surface area contributed by atoms with Crippen LogP contribution in [0.5, 0.6) is 0 Å². The number of carbonyl (C=O) groups excluding carboxylic acids is 3. The van der Waals surface area contributed by atoms with Gasteiger partial charge < -0.3 is 20.4 Å². The second kappa shape index (κ2) is 6.82. The fourth-order valence-corrected chi connectivity index (χ4v) is 2.55. The van der Waals surface area contributed by atoms with E-state index in [1.807, 2.05) is 0 Å². The van der Waals surface area contributed by atoms with Crippen LogP contribution in [0.4, 0.5) is 14.9 Å². The predicted octanol–water partition coefficient (Wildman–Crippen LogP) is 0.572. The lowest BCUT2D eigenvalue weighted by molar-refractivity contribution is -0.119. The van der Waals surface area contributed by atoms with E-state index in [9.17, 15) is 18.8 Å². The maximum Gasteiger partial charge on any atom is 0.414 e. The topological polar surface area (TPSA) is 120 Å². The minimum Gasteiger partial charge on any atom is -0.442 e. The van der Waals surface area contributed by atoms with Gasteiger partial charge in [0.05, 0.1) is 24.5 Å². The number of aromatic nitrogens is 2. The average molecular weight is 361 g/mol. The summed E-state index contributed by atoms with van der Waals surface area (Å²) in [7, 11) is 0. The van der Waals surface area contributed by atoms with Gasteiger partial charge in [-0.15, -0.1) is 0 Å². The molecule has 3 amide bonds. The molecule has 2 aromatic rings. The van der Waals surface area contributed by atoms with Gasteiger partial charge in [0.2, 0.25) is 5.91 Å². The second-order valence-electron chi connectivity index (χ2n) is 5.72. The summed E-state index contributed by atoms with van der Waals surface area (Å²) in [6.07, 6.45) is 1.45. The van der Waals surface area contributed by atoms with Gasteiger partial charge in [-0.1, -0.05) is 0 Å². The molecule has 2 heterocycles. The lowest BCUT2D eigenvalue weighted by Crippen LogP contribution is -2.33. The highest BCUT2D eigenvalue weighted by atomic mass is 19.1. The van der Waals surface area contributed by atoms with Gasteiger partial charge in [0.25, 0.3) is 5.91 Å². The standard InChI is InChI=1S/C16H16FN5O4/c1-9(23)19-5-11-6-22(16(25)26-11)10-2-3-14(12(17)4-10)21-7-13(15(18)24)20-8-21/h2-4,7-8,11H,5-6H2,1H3,(H2,18,24)(H,19,23)/t11-/m0/s1. The molecule has 0 unspecified atom stereocenters. The summed E-state index contributed by atoms with van der Waals surface area (Å²) in [5.41, 5.74) is 5.61. The van der Waals surface area contributed by atoms with Crippen LogP contribution >= 0.6 is 0 Å². The lowest BCUT2D eigenvalue weighted by atomic mass is 10.2. The van der Waals surface area contributed by atoms with Crippen molar-refractivity contribution >= 4 is 23.6 Å².